The number of rotatable bonds is 6. The lowest BCUT2D eigenvalue weighted by Gasteiger charge is -2.14. The number of nitrogens with one attached hydrogen (secondary N) is 1. The fourth-order valence-electron chi connectivity index (χ4n) is 2.03. The first-order valence-corrected chi connectivity index (χ1v) is 6.34. The standard InChI is InChI=1S/C15H14N2O4/c18-15(19)12(11-6-2-1-3-7-11)10-16-13-8-4-5-9-14(13)17(20)21/h1-9,12,16H,10H2,(H,18,19). The number of carboxylic acid groups (broad SMARTS) is 1. The monoisotopic (exact) mass is 286 g/mol. The summed E-state index contributed by atoms with van der Waals surface area (Å²) in [6, 6.07) is 14.9. The van der Waals surface area contributed by atoms with E-state index in [1.807, 2.05) is 0 Å². The third kappa shape index (κ3) is 3.56. The Morgan fingerprint density at radius 2 is 1.76 bits per heavy atom. The van der Waals surface area contributed by atoms with Crippen LogP contribution >= 0.6 is 0 Å². The van der Waals surface area contributed by atoms with Crippen LogP contribution in [0.3, 0.4) is 0 Å². The highest BCUT2D eigenvalue weighted by molar-refractivity contribution is 5.77. The van der Waals surface area contributed by atoms with Crippen molar-refractivity contribution in [3.63, 3.8) is 0 Å². The van der Waals surface area contributed by atoms with E-state index < -0.39 is 16.8 Å². The number of nitrogens with zero attached hydrogens (tertiary/aromatic N) is 1. The highest BCUT2D eigenvalue weighted by atomic mass is 16.6. The lowest BCUT2D eigenvalue weighted by Crippen LogP contribution is -2.21. The van der Waals surface area contributed by atoms with Crippen molar-refractivity contribution >= 4 is 17.3 Å². The molecule has 6 nitrogen and oxygen atoms in total. The van der Waals surface area contributed by atoms with Crippen LogP contribution in [0.1, 0.15) is 11.5 Å². The van der Waals surface area contributed by atoms with Gasteiger partial charge < -0.3 is 10.4 Å². The highest BCUT2D eigenvalue weighted by Crippen LogP contribution is 2.25. The summed E-state index contributed by atoms with van der Waals surface area (Å²) in [6.07, 6.45) is 0. The third-order valence-corrected chi connectivity index (χ3v) is 3.10. The van der Waals surface area contributed by atoms with Gasteiger partial charge >= 0.3 is 5.97 Å². The molecule has 0 saturated carbocycles. The van der Waals surface area contributed by atoms with Crippen molar-refractivity contribution in [1.82, 2.24) is 0 Å². The minimum atomic E-state index is -0.979. The van der Waals surface area contributed by atoms with Crippen molar-refractivity contribution in [2.45, 2.75) is 5.92 Å². The zero-order valence-electron chi connectivity index (χ0n) is 11.1. The molecule has 0 aliphatic rings. The molecule has 2 aromatic rings. The maximum absolute atomic E-state index is 11.4. The maximum atomic E-state index is 11.4. The Balaban J connectivity index is 2.17. The second kappa shape index (κ2) is 6.51. The number of para-hydroxylation sites is 2. The summed E-state index contributed by atoms with van der Waals surface area (Å²) in [5.41, 5.74) is 0.885. The SMILES string of the molecule is O=C(O)C(CNc1ccccc1[N+](=O)[O-])c1ccccc1. The van der Waals surface area contributed by atoms with Crippen molar-refractivity contribution in [2.75, 3.05) is 11.9 Å². The molecule has 2 aromatic carbocycles. The van der Waals surface area contributed by atoms with Gasteiger partial charge in [-0.2, -0.15) is 0 Å². The summed E-state index contributed by atoms with van der Waals surface area (Å²) < 4.78 is 0. The molecule has 21 heavy (non-hydrogen) atoms. The van der Waals surface area contributed by atoms with Crippen molar-refractivity contribution in [2.24, 2.45) is 0 Å². The van der Waals surface area contributed by atoms with Crippen molar-refractivity contribution < 1.29 is 14.8 Å². The Morgan fingerprint density at radius 3 is 2.38 bits per heavy atom. The number of nitro benzene ring substituents is 1. The predicted molar refractivity (Wildman–Crippen MR) is 78.4 cm³/mol. The van der Waals surface area contributed by atoms with Gasteiger partial charge in [0, 0.05) is 12.6 Å². The van der Waals surface area contributed by atoms with E-state index in [2.05, 4.69) is 5.32 Å². The first-order valence-electron chi connectivity index (χ1n) is 6.34. The first kappa shape index (κ1) is 14.5. The number of aliphatic carboxylic acids is 1. The van der Waals surface area contributed by atoms with Gasteiger partial charge in [-0.25, -0.2) is 0 Å². The molecule has 1 atom stereocenters. The molecule has 0 aliphatic carbocycles. The van der Waals surface area contributed by atoms with Crippen LogP contribution in [0.25, 0.3) is 0 Å². The Hall–Kier alpha value is -2.89. The van der Waals surface area contributed by atoms with E-state index in [4.69, 9.17) is 0 Å². The molecular weight excluding hydrogens is 272 g/mol. The van der Waals surface area contributed by atoms with Crippen LogP contribution in [-0.2, 0) is 4.79 Å². The summed E-state index contributed by atoms with van der Waals surface area (Å²) in [6.45, 7) is 0.0736. The van der Waals surface area contributed by atoms with Crippen LogP contribution in [0, 0.1) is 10.1 Å². The van der Waals surface area contributed by atoms with E-state index >= 15 is 0 Å². The molecule has 2 N–H and O–H groups in total. The molecule has 2 rings (SSSR count). The largest absolute Gasteiger partial charge is 0.481 e. The summed E-state index contributed by atoms with van der Waals surface area (Å²) in [5, 5.41) is 23.1. The van der Waals surface area contributed by atoms with E-state index in [9.17, 15) is 20.0 Å². The molecule has 1 unspecified atom stereocenters. The van der Waals surface area contributed by atoms with Gasteiger partial charge in [-0.05, 0) is 11.6 Å². The molecule has 0 bridgehead atoms. The second-order valence-corrected chi connectivity index (χ2v) is 4.46. The Morgan fingerprint density at radius 1 is 1.14 bits per heavy atom. The van der Waals surface area contributed by atoms with Crippen molar-refractivity contribution in [3.8, 4) is 0 Å². The summed E-state index contributed by atoms with van der Waals surface area (Å²) in [7, 11) is 0. The number of anilines is 1. The van der Waals surface area contributed by atoms with Gasteiger partial charge in [0.15, 0.2) is 0 Å². The van der Waals surface area contributed by atoms with Gasteiger partial charge in [-0.15, -0.1) is 0 Å². The highest BCUT2D eigenvalue weighted by Gasteiger charge is 2.21. The van der Waals surface area contributed by atoms with Crippen molar-refractivity contribution in [1.29, 1.82) is 0 Å². The molecule has 0 amide bonds. The Bertz CT molecular complexity index is 643. The minimum absolute atomic E-state index is 0.0736. The summed E-state index contributed by atoms with van der Waals surface area (Å²) in [4.78, 5) is 21.8. The van der Waals surface area contributed by atoms with Crippen LogP contribution in [0.5, 0.6) is 0 Å². The first-order chi connectivity index (χ1) is 10.1. The van der Waals surface area contributed by atoms with Crippen molar-refractivity contribution in [3.05, 3.63) is 70.3 Å². The lowest BCUT2D eigenvalue weighted by atomic mass is 9.99. The molecule has 0 radical (unpaired) electrons. The fraction of sp³-hybridized carbons (Fsp3) is 0.133. The normalized spacial score (nSPS) is 11.6. The van der Waals surface area contributed by atoms with Gasteiger partial charge in [-0.1, -0.05) is 42.5 Å². The van der Waals surface area contributed by atoms with Gasteiger partial charge in [0.2, 0.25) is 0 Å². The number of carboxylic acids is 1. The van der Waals surface area contributed by atoms with Crippen LogP contribution < -0.4 is 5.32 Å². The van der Waals surface area contributed by atoms with Crippen LogP contribution in [0.2, 0.25) is 0 Å². The molecule has 6 heteroatoms. The molecule has 0 aliphatic heterocycles. The number of carbonyl (C=O) groups is 1. The smallest absolute Gasteiger partial charge is 0.312 e. The van der Waals surface area contributed by atoms with Gasteiger partial charge in [-0.3, -0.25) is 14.9 Å². The molecule has 0 aromatic heterocycles. The van der Waals surface area contributed by atoms with Crippen LogP contribution in [0.15, 0.2) is 54.6 Å². The Labute approximate surface area is 121 Å². The zero-order valence-corrected chi connectivity index (χ0v) is 11.1. The summed E-state index contributed by atoms with van der Waals surface area (Å²) >= 11 is 0. The molecular formula is C15H14N2O4. The second-order valence-electron chi connectivity index (χ2n) is 4.46. The zero-order chi connectivity index (χ0) is 15.2. The average molecular weight is 286 g/mol. The molecule has 0 saturated heterocycles. The Kier molecular flexibility index (Phi) is 4.50. The molecule has 0 spiro atoms. The molecule has 0 heterocycles. The topological polar surface area (TPSA) is 92.5 Å². The van der Waals surface area contributed by atoms with Gasteiger partial charge in [0.1, 0.15) is 5.69 Å². The van der Waals surface area contributed by atoms with Gasteiger partial charge in [0.25, 0.3) is 5.69 Å². The number of hydrogen-bond donors (Lipinski definition) is 2. The average Bonchev–Trinajstić information content (AvgIpc) is 2.48. The molecule has 108 valence electrons. The van der Waals surface area contributed by atoms with E-state index in [0.29, 0.717) is 11.3 Å². The lowest BCUT2D eigenvalue weighted by molar-refractivity contribution is -0.384. The van der Waals surface area contributed by atoms with Crippen LogP contribution in [0.4, 0.5) is 11.4 Å². The van der Waals surface area contributed by atoms with Gasteiger partial charge in [0.05, 0.1) is 10.8 Å². The van der Waals surface area contributed by atoms with Crippen LogP contribution in [-0.4, -0.2) is 22.5 Å². The van der Waals surface area contributed by atoms with E-state index in [1.54, 1.807) is 48.5 Å². The predicted octanol–water partition coefficient (Wildman–Crippen LogP) is 2.88. The number of hydrogen-bond acceptors (Lipinski definition) is 4. The molecule has 0 fully saturated rings. The summed E-state index contributed by atoms with van der Waals surface area (Å²) in [5.74, 6) is -1.75. The fourth-order valence-corrected chi connectivity index (χ4v) is 2.03. The van der Waals surface area contributed by atoms with E-state index in [-0.39, 0.29) is 12.2 Å². The minimum Gasteiger partial charge on any atom is -0.481 e. The number of benzene rings is 2. The van der Waals surface area contributed by atoms with E-state index in [1.165, 1.54) is 6.07 Å². The third-order valence-electron chi connectivity index (χ3n) is 3.10. The number of nitro groups is 1. The maximum Gasteiger partial charge on any atom is 0.312 e. The van der Waals surface area contributed by atoms with E-state index in [0.717, 1.165) is 0 Å². The quantitative estimate of drug-likeness (QED) is 0.629.